The highest BCUT2D eigenvalue weighted by Crippen LogP contribution is 2.28. The lowest BCUT2D eigenvalue weighted by molar-refractivity contribution is -0.159. The van der Waals surface area contributed by atoms with Crippen molar-refractivity contribution >= 4 is 44.6 Å². The van der Waals surface area contributed by atoms with E-state index in [9.17, 15) is 8.42 Å². The number of nitrogens with zero attached hydrogens (tertiary/aromatic N) is 3. The van der Waals surface area contributed by atoms with E-state index in [1.807, 2.05) is 42.5 Å². The smallest absolute Gasteiger partial charge is 0.414 e. The summed E-state index contributed by atoms with van der Waals surface area (Å²) < 4.78 is 37.2. The van der Waals surface area contributed by atoms with E-state index in [1.54, 1.807) is 23.9 Å². The van der Waals surface area contributed by atoms with Crippen LogP contribution in [0, 0.1) is 0 Å². The maximum Gasteiger partial charge on any atom is 0.414 e. The topological polar surface area (TPSA) is 188 Å². The van der Waals surface area contributed by atoms with Crippen LogP contribution in [0.3, 0.4) is 0 Å². The van der Waals surface area contributed by atoms with Crippen molar-refractivity contribution in [1.82, 2.24) is 14.2 Å². The number of nitrogens with two attached hydrogens (primary N) is 1. The van der Waals surface area contributed by atoms with E-state index in [0.29, 0.717) is 40.9 Å². The molecule has 37 heavy (non-hydrogen) atoms. The zero-order chi connectivity index (χ0) is 27.0. The molecular weight excluding hydrogens is 524 g/mol. The van der Waals surface area contributed by atoms with Crippen LogP contribution in [-0.4, -0.2) is 63.4 Å². The second kappa shape index (κ2) is 12.4. The molecule has 0 aliphatic carbocycles. The number of benzene rings is 2. The molecule has 0 saturated heterocycles. The Balaban J connectivity index is 0.000000568. The molecule has 2 aromatic heterocycles. The number of carboxylic acids is 2. The van der Waals surface area contributed by atoms with Crippen LogP contribution < -0.4 is 10.5 Å². The predicted octanol–water partition coefficient (Wildman–Crippen LogP) is 2.43. The van der Waals surface area contributed by atoms with E-state index < -0.39 is 22.0 Å². The summed E-state index contributed by atoms with van der Waals surface area (Å²) in [6.45, 7) is 0.700. The summed E-state index contributed by atoms with van der Waals surface area (Å²) in [5.74, 6) is -0.623. The van der Waals surface area contributed by atoms with Gasteiger partial charge in [0.15, 0.2) is 0 Å². The zero-order valence-electron chi connectivity index (χ0n) is 19.6. The first-order valence-corrected chi connectivity index (χ1v) is 13.7. The molecule has 4 rings (SSSR count). The van der Waals surface area contributed by atoms with Crippen LogP contribution >= 0.6 is 11.8 Å². The van der Waals surface area contributed by atoms with E-state index in [4.69, 9.17) is 34.7 Å². The quantitative estimate of drug-likeness (QED) is 0.205. The molecule has 4 N–H and O–H groups in total. The number of rotatable bonds is 9. The van der Waals surface area contributed by atoms with Crippen molar-refractivity contribution in [1.29, 1.82) is 0 Å². The SMILES string of the molecule is CS(=O)(=O)n1c(CN)cc2ccc(-c3nnc(CSCCOc4ccccc4)o3)cc21.O=C(O)C(=O)O. The molecular formula is C23H24N4O8S2. The first-order chi connectivity index (χ1) is 17.6. The number of ether oxygens (including phenoxy) is 1. The Hall–Kier alpha value is -3.88. The van der Waals surface area contributed by atoms with Gasteiger partial charge in [-0.25, -0.2) is 22.0 Å². The molecule has 0 aliphatic rings. The third-order valence-corrected chi connectivity index (χ3v) is 6.74. The minimum Gasteiger partial charge on any atom is -0.493 e. The lowest BCUT2D eigenvalue weighted by atomic mass is 10.1. The van der Waals surface area contributed by atoms with Crippen LogP contribution in [0.25, 0.3) is 22.4 Å². The molecule has 0 unspecified atom stereocenters. The van der Waals surface area contributed by atoms with Crippen LogP contribution in [-0.2, 0) is 31.9 Å². The molecule has 0 amide bonds. The van der Waals surface area contributed by atoms with E-state index in [-0.39, 0.29) is 6.54 Å². The fourth-order valence-electron chi connectivity index (χ4n) is 3.22. The zero-order valence-corrected chi connectivity index (χ0v) is 21.2. The Kier molecular flexibility index (Phi) is 9.27. The molecule has 0 atom stereocenters. The standard InChI is InChI=1S/C21H22N4O4S2.C2H2O4/c1-31(26,27)25-17(13-22)11-15-7-8-16(12-19(15)25)21-24-23-20(29-21)14-30-10-9-28-18-5-3-2-4-6-18;3-1(4)2(5)6/h2-8,11-12H,9-10,13-14,22H2,1H3;(H,3,4)(H,5,6). The summed E-state index contributed by atoms with van der Waals surface area (Å²) in [6.07, 6.45) is 1.15. The number of aliphatic carboxylic acids is 2. The van der Waals surface area contributed by atoms with Gasteiger partial charge in [-0.2, -0.15) is 0 Å². The Morgan fingerprint density at radius 3 is 2.41 bits per heavy atom. The van der Waals surface area contributed by atoms with Crippen molar-refractivity contribution in [3.63, 3.8) is 0 Å². The number of para-hydroxylation sites is 1. The van der Waals surface area contributed by atoms with Gasteiger partial charge >= 0.3 is 11.9 Å². The van der Waals surface area contributed by atoms with Crippen LogP contribution in [0.5, 0.6) is 5.75 Å². The maximum absolute atomic E-state index is 12.2. The molecule has 0 fully saturated rings. The molecule has 14 heteroatoms. The molecule has 0 spiro atoms. The lowest BCUT2D eigenvalue weighted by Gasteiger charge is -2.07. The van der Waals surface area contributed by atoms with Crippen molar-refractivity contribution in [2.45, 2.75) is 12.3 Å². The number of hydrogen-bond acceptors (Lipinski definition) is 10. The third kappa shape index (κ3) is 7.55. The third-order valence-electron chi connectivity index (χ3n) is 4.73. The maximum atomic E-state index is 12.2. The second-order valence-corrected chi connectivity index (χ2v) is 10.4. The minimum atomic E-state index is -3.51. The molecule has 12 nitrogen and oxygen atoms in total. The van der Waals surface area contributed by atoms with Gasteiger partial charge in [0.1, 0.15) is 5.75 Å². The van der Waals surface area contributed by atoms with Gasteiger partial charge < -0.3 is 25.1 Å². The van der Waals surface area contributed by atoms with Gasteiger partial charge in [-0.1, -0.05) is 24.3 Å². The average molecular weight is 549 g/mol. The lowest BCUT2D eigenvalue weighted by Crippen LogP contribution is -2.15. The highest BCUT2D eigenvalue weighted by atomic mass is 32.2. The fourth-order valence-corrected chi connectivity index (χ4v) is 4.93. The molecule has 2 heterocycles. The largest absolute Gasteiger partial charge is 0.493 e. The summed E-state index contributed by atoms with van der Waals surface area (Å²) in [7, 11) is -3.51. The number of aromatic nitrogens is 3. The second-order valence-electron chi connectivity index (χ2n) is 7.47. The summed E-state index contributed by atoms with van der Waals surface area (Å²) in [4.78, 5) is 18.2. The number of carbonyl (C=O) groups is 2. The monoisotopic (exact) mass is 548 g/mol. The normalized spacial score (nSPS) is 11.1. The van der Waals surface area contributed by atoms with Crippen molar-refractivity contribution < 1.29 is 37.4 Å². The predicted molar refractivity (Wildman–Crippen MR) is 137 cm³/mol. The molecule has 0 bridgehead atoms. The number of carboxylic acid groups (broad SMARTS) is 2. The van der Waals surface area contributed by atoms with Gasteiger partial charge in [0.05, 0.1) is 24.1 Å². The Labute approximate surface area is 216 Å². The van der Waals surface area contributed by atoms with Gasteiger partial charge in [-0.3, -0.25) is 0 Å². The van der Waals surface area contributed by atoms with E-state index >= 15 is 0 Å². The summed E-state index contributed by atoms with van der Waals surface area (Å²) in [5, 5.41) is 23.8. The van der Waals surface area contributed by atoms with E-state index in [0.717, 1.165) is 23.1 Å². The van der Waals surface area contributed by atoms with Gasteiger partial charge in [-0.05, 0) is 30.3 Å². The Morgan fingerprint density at radius 2 is 1.78 bits per heavy atom. The van der Waals surface area contributed by atoms with Gasteiger partial charge in [0.2, 0.25) is 21.8 Å². The van der Waals surface area contributed by atoms with Crippen LogP contribution in [0.4, 0.5) is 0 Å². The molecule has 4 aromatic rings. The van der Waals surface area contributed by atoms with Crippen LogP contribution in [0.15, 0.2) is 59.0 Å². The van der Waals surface area contributed by atoms with Crippen LogP contribution in [0.1, 0.15) is 11.6 Å². The van der Waals surface area contributed by atoms with Crippen molar-refractivity contribution in [3.05, 3.63) is 66.2 Å². The first-order valence-electron chi connectivity index (χ1n) is 10.7. The van der Waals surface area contributed by atoms with Crippen molar-refractivity contribution in [2.24, 2.45) is 5.73 Å². The van der Waals surface area contributed by atoms with Gasteiger partial charge in [-0.15, -0.1) is 22.0 Å². The molecule has 2 aromatic carbocycles. The number of fused-ring (bicyclic) bond motifs is 1. The highest BCUT2D eigenvalue weighted by molar-refractivity contribution is 7.98. The van der Waals surface area contributed by atoms with E-state index in [2.05, 4.69) is 10.2 Å². The van der Waals surface area contributed by atoms with Crippen molar-refractivity contribution in [3.8, 4) is 17.2 Å². The van der Waals surface area contributed by atoms with Crippen LogP contribution in [0.2, 0.25) is 0 Å². The van der Waals surface area contributed by atoms with Gasteiger partial charge in [0, 0.05) is 28.9 Å². The number of hydrogen-bond donors (Lipinski definition) is 3. The Bertz CT molecular complexity index is 1470. The van der Waals surface area contributed by atoms with Gasteiger partial charge in [0.25, 0.3) is 0 Å². The Morgan fingerprint density at radius 1 is 1.08 bits per heavy atom. The minimum absolute atomic E-state index is 0.118. The average Bonchev–Trinajstić information content (AvgIpc) is 3.48. The fraction of sp³-hybridized carbons (Fsp3) is 0.217. The van der Waals surface area contributed by atoms with E-state index in [1.165, 1.54) is 3.97 Å². The number of thioether (sulfide) groups is 1. The van der Waals surface area contributed by atoms with Crippen molar-refractivity contribution in [2.75, 3.05) is 18.6 Å². The molecule has 0 radical (unpaired) electrons. The summed E-state index contributed by atoms with van der Waals surface area (Å²) >= 11 is 1.63. The molecule has 196 valence electrons. The molecule has 0 saturated carbocycles. The molecule has 0 aliphatic heterocycles. The summed E-state index contributed by atoms with van der Waals surface area (Å²) in [5.41, 5.74) is 7.43. The highest BCUT2D eigenvalue weighted by Gasteiger charge is 2.17. The first kappa shape index (κ1) is 27.7. The summed E-state index contributed by atoms with van der Waals surface area (Å²) in [6, 6.07) is 16.8.